The predicted octanol–water partition coefficient (Wildman–Crippen LogP) is 2.52. The number of imidazole rings is 1. The molecular weight excluding hydrogens is 370 g/mol. The summed E-state index contributed by atoms with van der Waals surface area (Å²) in [6.07, 6.45) is 0.419. The smallest absolute Gasteiger partial charge is 0.254 e. The van der Waals surface area contributed by atoms with Crippen LogP contribution in [-0.4, -0.2) is 53.0 Å². The molecule has 0 bridgehead atoms. The second kappa shape index (κ2) is 7.50. The van der Waals surface area contributed by atoms with E-state index in [4.69, 9.17) is 19.2 Å². The van der Waals surface area contributed by atoms with E-state index >= 15 is 0 Å². The van der Waals surface area contributed by atoms with Crippen LogP contribution in [0, 0.1) is 0 Å². The molecule has 3 aromatic rings. The molecule has 3 heterocycles. The molecule has 2 aliphatic heterocycles. The number of fused-ring (bicyclic) bond motifs is 2. The summed E-state index contributed by atoms with van der Waals surface area (Å²) in [7, 11) is 1.97. The lowest BCUT2D eigenvalue weighted by Crippen LogP contribution is -2.38. The highest BCUT2D eigenvalue weighted by Gasteiger charge is 2.26. The van der Waals surface area contributed by atoms with E-state index in [9.17, 15) is 4.79 Å². The van der Waals surface area contributed by atoms with Gasteiger partial charge in [-0.1, -0.05) is 12.1 Å². The summed E-state index contributed by atoms with van der Waals surface area (Å²) < 4.78 is 18.8. The molecule has 7 nitrogen and oxygen atoms in total. The van der Waals surface area contributed by atoms with Crippen LogP contribution in [-0.2, 0) is 29.5 Å². The Bertz CT molecular complexity index is 1060. The number of carbonyl (C=O) groups excluding carboxylic acids is 1. The molecule has 5 rings (SSSR count). The summed E-state index contributed by atoms with van der Waals surface area (Å²) in [5, 5.41) is 0. The minimum Gasteiger partial charge on any atom is -0.493 e. The Kier molecular flexibility index (Phi) is 4.69. The van der Waals surface area contributed by atoms with Crippen LogP contribution in [0.1, 0.15) is 21.7 Å². The van der Waals surface area contributed by atoms with Crippen molar-refractivity contribution >= 4 is 16.9 Å². The number of nitrogens with zero attached hydrogens (tertiary/aromatic N) is 3. The lowest BCUT2D eigenvalue weighted by molar-refractivity contribution is -0.0588. The number of benzene rings is 2. The van der Waals surface area contributed by atoms with E-state index in [-0.39, 0.29) is 5.91 Å². The van der Waals surface area contributed by atoms with E-state index < -0.39 is 6.29 Å². The maximum Gasteiger partial charge on any atom is 0.254 e. The van der Waals surface area contributed by atoms with Crippen LogP contribution in [0.15, 0.2) is 42.5 Å². The standard InChI is InChI=1S/C22H23N3O4/c1-24-18-5-3-2-4-17(18)23-20(24)13-25(14-21-28-10-11-29-21)22(26)16-6-7-19-15(12-16)8-9-27-19/h2-7,12,21H,8-11,13-14H2,1H3. The van der Waals surface area contributed by atoms with Crippen molar-refractivity contribution in [2.75, 3.05) is 26.4 Å². The number of carbonyl (C=O) groups is 1. The summed E-state index contributed by atoms with van der Waals surface area (Å²) in [5.41, 5.74) is 3.68. The van der Waals surface area contributed by atoms with Gasteiger partial charge in [-0.2, -0.15) is 0 Å². The maximum absolute atomic E-state index is 13.4. The van der Waals surface area contributed by atoms with Gasteiger partial charge in [0.15, 0.2) is 6.29 Å². The quantitative estimate of drug-likeness (QED) is 0.667. The summed E-state index contributed by atoms with van der Waals surface area (Å²) >= 11 is 0. The summed E-state index contributed by atoms with van der Waals surface area (Å²) in [6, 6.07) is 13.6. The van der Waals surface area contributed by atoms with Crippen LogP contribution < -0.4 is 4.74 Å². The van der Waals surface area contributed by atoms with Crippen molar-refractivity contribution in [3.05, 3.63) is 59.4 Å². The van der Waals surface area contributed by atoms with E-state index in [0.29, 0.717) is 38.5 Å². The zero-order valence-corrected chi connectivity index (χ0v) is 16.3. The highest BCUT2D eigenvalue weighted by Crippen LogP contribution is 2.27. The minimum atomic E-state index is -0.411. The molecule has 0 N–H and O–H groups in total. The predicted molar refractivity (Wildman–Crippen MR) is 107 cm³/mol. The van der Waals surface area contributed by atoms with Gasteiger partial charge in [-0.15, -0.1) is 0 Å². The first-order chi connectivity index (χ1) is 14.2. The highest BCUT2D eigenvalue weighted by molar-refractivity contribution is 5.94. The second-order valence-corrected chi connectivity index (χ2v) is 7.35. The number of hydrogen-bond donors (Lipinski definition) is 0. The summed E-state index contributed by atoms with van der Waals surface area (Å²) in [6.45, 7) is 2.50. The van der Waals surface area contributed by atoms with Gasteiger partial charge in [0.25, 0.3) is 5.91 Å². The molecule has 1 aromatic heterocycles. The van der Waals surface area contributed by atoms with Gasteiger partial charge in [-0.25, -0.2) is 4.98 Å². The number of aryl methyl sites for hydroxylation is 1. The zero-order chi connectivity index (χ0) is 19.8. The van der Waals surface area contributed by atoms with Crippen LogP contribution >= 0.6 is 0 Å². The summed E-state index contributed by atoms with van der Waals surface area (Å²) in [5.74, 6) is 1.62. The second-order valence-electron chi connectivity index (χ2n) is 7.35. The number of amides is 1. The van der Waals surface area contributed by atoms with Crippen LogP contribution in [0.25, 0.3) is 11.0 Å². The third-order valence-electron chi connectivity index (χ3n) is 5.50. The third-order valence-corrected chi connectivity index (χ3v) is 5.50. The first-order valence-corrected chi connectivity index (χ1v) is 9.87. The highest BCUT2D eigenvalue weighted by atomic mass is 16.7. The molecule has 0 aliphatic carbocycles. The SMILES string of the molecule is Cn1c(CN(CC2OCCO2)C(=O)c2ccc3c(c2)CCO3)nc2ccccc21. The number of aromatic nitrogens is 2. The van der Waals surface area contributed by atoms with E-state index in [1.54, 1.807) is 4.90 Å². The van der Waals surface area contributed by atoms with Crippen molar-refractivity contribution in [1.29, 1.82) is 0 Å². The topological polar surface area (TPSA) is 65.8 Å². The largest absolute Gasteiger partial charge is 0.493 e. The number of ether oxygens (including phenoxy) is 3. The van der Waals surface area contributed by atoms with Gasteiger partial charge in [-0.05, 0) is 35.9 Å². The van der Waals surface area contributed by atoms with Gasteiger partial charge < -0.3 is 23.7 Å². The van der Waals surface area contributed by atoms with Crippen LogP contribution in [0.2, 0.25) is 0 Å². The molecule has 7 heteroatoms. The van der Waals surface area contributed by atoms with Gasteiger partial charge in [-0.3, -0.25) is 4.79 Å². The van der Waals surface area contributed by atoms with Crippen molar-refractivity contribution in [1.82, 2.24) is 14.5 Å². The molecule has 0 radical (unpaired) electrons. The maximum atomic E-state index is 13.4. The van der Waals surface area contributed by atoms with E-state index in [1.807, 2.05) is 54.1 Å². The molecule has 0 unspecified atom stereocenters. The molecule has 1 amide bonds. The molecule has 0 spiro atoms. The molecular formula is C22H23N3O4. The molecule has 29 heavy (non-hydrogen) atoms. The van der Waals surface area contributed by atoms with Gasteiger partial charge in [0.05, 0.1) is 43.9 Å². The molecule has 1 fully saturated rings. The first kappa shape index (κ1) is 18.1. The van der Waals surface area contributed by atoms with Crippen LogP contribution in [0.4, 0.5) is 0 Å². The van der Waals surface area contributed by atoms with Gasteiger partial charge in [0.1, 0.15) is 11.6 Å². The van der Waals surface area contributed by atoms with Crippen LogP contribution in [0.3, 0.4) is 0 Å². The average Bonchev–Trinajstić information content (AvgIpc) is 3.48. The fourth-order valence-corrected chi connectivity index (χ4v) is 3.92. The Balaban J connectivity index is 1.45. The normalized spacial score (nSPS) is 16.2. The Morgan fingerprint density at radius 1 is 1.17 bits per heavy atom. The molecule has 2 aromatic carbocycles. The van der Waals surface area contributed by atoms with E-state index in [1.165, 1.54) is 0 Å². The fourth-order valence-electron chi connectivity index (χ4n) is 3.92. The van der Waals surface area contributed by atoms with Crippen molar-refractivity contribution in [2.24, 2.45) is 7.05 Å². The number of hydrogen-bond acceptors (Lipinski definition) is 5. The Labute approximate surface area is 168 Å². The summed E-state index contributed by atoms with van der Waals surface area (Å²) in [4.78, 5) is 19.9. The fraction of sp³-hybridized carbons (Fsp3) is 0.364. The molecule has 2 aliphatic rings. The van der Waals surface area contributed by atoms with E-state index in [2.05, 4.69) is 0 Å². The van der Waals surface area contributed by atoms with Crippen molar-refractivity contribution in [3.63, 3.8) is 0 Å². The van der Waals surface area contributed by atoms with Gasteiger partial charge in [0, 0.05) is 19.0 Å². The van der Waals surface area contributed by atoms with Gasteiger partial charge >= 0.3 is 0 Å². The van der Waals surface area contributed by atoms with Crippen molar-refractivity contribution < 1.29 is 19.0 Å². The Morgan fingerprint density at radius 2 is 2.00 bits per heavy atom. The third kappa shape index (κ3) is 3.47. The average molecular weight is 393 g/mol. The molecule has 150 valence electrons. The van der Waals surface area contributed by atoms with Crippen molar-refractivity contribution in [2.45, 2.75) is 19.3 Å². The molecule has 0 saturated carbocycles. The monoisotopic (exact) mass is 393 g/mol. The lowest BCUT2D eigenvalue weighted by Gasteiger charge is -2.25. The van der Waals surface area contributed by atoms with Crippen molar-refractivity contribution in [3.8, 4) is 5.75 Å². The Morgan fingerprint density at radius 3 is 2.83 bits per heavy atom. The molecule has 1 saturated heterocycles. The molecule has 0 atom stereocenters. The lowest BCUT2D eigenvalue weighted by atomic mass is 10.1. The minimum absolute atomic E-state index is 0.0640. The number of rotatable bonds is 5. The number of para-hydroxylation sites is 2. The van der Waals surface area contributed by atoms with Gasteiger partial charge in [0.2, 0.25) is 0 Å². The van der Waals surface area contributed by atoms with Crippen LogP contribution in [0.5, 0.6) is 5.75 Å². The first-order valence-electron chi connectivity index (χ1n) is 9.87. The van der Waals surface area contributed by atoms with E-state index in [0.717, 1.165) is 34.6 Å². The Hall–Kier alpha value is -2.90. The zero-order valence-electron chi connectivity index (χ0n) is 16.3.